The fourth-order valence-electron chi connectivity index (χ4n) is 3.70. The molecule has 1 aromatic heterocycles. The molecule has 3 aromatic rings. The Morgan fingerprint density at radius 2 is 2.00 bits per heavy atom. The van der Waals surface area contributed by atoms with E-state index in [2.05, 4.69) is 29.0 Å². The van der Waals surface area contributed by atoms with Crippen LogP contribution in [0.1, 0.15) is 29.2 Å². The maximum Gasteiger partial charge on any atom is 0.335 e. The third-order valence-electron chi connectivity index (χ3n) is 4.81. The van der Waals surface area contributed by atoms with Gasteiger partial charge in [-0.2, -0.15) is 0 Å². The predicted octanol–water partition coefficient (Wildman–Crippen LogP) is 4.57. The molecule has 1 N–H and O–H groups in total. The van der Waals surface area contributed by atoms with Gasteiger partial charge in [-0.15, -0.1) is 11.8 Å². The van der Waals surface area contributed by atoms with Crippen molar-refractivity contribution >= 4 is 39.5 Å². The molecule has 0 aliphatic carbocycles. The minimum Gasteiger partial charge on any atom is -0.478 e. The smallest absolute Gasteiger partial charge is 0.335 e. The second kappa shape index (κ2) is 6.15. The number of carboxylic acids is 1. The lowest BCUT2D eigenvalue weighted by Crippen LogP contribution is -2.19. The molecule has 0 spiro atoms. The molecule has 24 heavy (non-hydrogen) atoms. The lowest BCUT2D eigenvalue weighted by atomic mass is 10.1. The summed E-state index contributed by atoms with van der Waals surface area (Å²) in [5.74, 6) is -0.884. The predicted molar refractivity (Wildman–Crippen MR) is 97.3 cm³/mol. The summed E-state index contributed by atoms with van der Waals surface area (Å²) in [6.45, 7) is 1.51. The van der Waals surface area contributed by atoms with E-state index < -0.39 is 5.97 Å². The number of carboxylic acid groups (broad SMARTS) is 1. The van der Waals surface area contributed by atoms with Crippen molar-refractivity contribution < 1.29 is 14.6 Å². The number of rotatable bonds is 3. The molecule has 1 aliphatic heterocycles. The zero-order valence-electron chi connectivity index (χ0n) is 13.5. The van der Waals surface area contributed by atoms with Crippen LogP contribution < -0.4 is 0 Å². The highest BCUT2D eigenvalue weighted by molar-refractivity contribution is 7.98. The standard InChI is InChI=1S/C19H19NO3S/c1-24-17-4-2-3-15-18(17)14-6-5-12(19(21)22)11-16(14)20(15)13-7-9-23-10-8-13/h2-6,11,13H,7-10H2,1H3,(H,21,22). The average molecular weight is 341 g/mol. The molecule has 0 radical (unpaired) electrons. The molecule has 4 rings (SSSR count). The summed E-state index contributed by atoms with van der Waals surface area (Å²) in [6, 6.07) is 12.2. The van der Waals surface area contributed by atoms with Crippen molar-refractivity contribution in [2.75, 3.05) is 19.5 Å². The summed E-state index contributed by atoms with van der Waals surface area (Å²) in [5.41, 5.74) is 2.54. The number of thioether (sulfide) groups is 1. The van der Waals surface area contributed by atoms with Gasteiger partial charge in [-0.1, -0.05) is 12.1 Å². The Balaban J connectivity index is 2.08. The van der Waals surface area contributed by atoms with Crippen LogP contribution in [0.25, 0.3) is 21.8 Å². The van der Waals surface area contributed by atoms with Crippen LogP contribution in [0.3, 0.4) is 0 Å². The van der Waals surface area contributed by atoms with Crippen LogP contribution in [0.4, 0.5) is 0 Å². The first-order valence-electron chi connectivity index (χ1n) is 8.12. The van der Waals surface area contributed by atoms with Gasteiger partial charge in [0.15, 0.2) is 0 Å². The highest BCUT2D eigenvalue weighted by Crippen LogP contribution is 2.39. The number of benzene rings is 2. The van der Waals surface area contributed by atoms with Gasteiger partial charge in [0.1, 0.15) is 0 Å². The Morgan fingerprint density at radius 3 is 2.71 bits per heavy atom. The van der Waals surface area contributed by atoms with Crippen molar-refractivity contribution in [3.05, 3.63) is 42.0 Å². The van der Waals surface area contributed by atoms with Crippen molar-refractivity contribution in [2.24, 2.45) is 0 Å². The largest absolute Gasteiger partial charge is 0.478 e. The van der Waals surface area contributed by atoms with E-state index in [1.807, 2.05) is 12.1 Å². The van der Waals surface area contributed by atoms with Crippen molar-refractivity contribution in [3.63, 3.8) is 0 Å². The van der Waals surface area contributed by atoms with Crippen LogP contribution >= 0.6 is 11.8 Å². The van der Waals surface area contributed by atoms with Gasteiger partial charge in [-0.05, 0) is 43.4 Å². The summed E-state index contributed by atoms with van der Waals surface area (Å²) in [7, 11) is 0. The molecule has 1 aliphatic rings. The SMILES string of the molecule is CSc1cccc2c1c1ccc(C(=O)O)cc1n2C1CCOCC1. The number of ether oxygens (including phenoxy) is 1. The van der Waals surface area contributed by atoms with E-state index in [9.17, 15) is 9.90 Å². The highest BCUT2D eigenvalue weighted by Gasteiger charge is 2.22. The first-order valence-corrected chi connectivity index (χ1v) is 9.35. The fraction of sp³-hybridized carbons (Fsp3) is 0.316. The molecule has 1 fully saturated rings. The zero-order chi connectivity index (χ0) is 16.7. The van der Waals surface area contributed by atoms with Gasteiger partial charge in [0.05, 0.1) is 16.6 Å². The molecule has 4 nitrogen and oxygen atoms in total. The molecule has 0 atom stereocenters. The van der Waals surface area contributed by atoms with E-state index >= 15 is 0 Å². The van der Waals surface area contributed by atoms with Crippen molar-refractivity contribution in [1.82, 2.24) is 4.57 Å². The van der Waals surface area contributed by atoms with Gasteiger partial charge in [-0.25, -0.2) is 4.79 Å². The van der Waals surface area contributed by atoms with E-state index in [0.29, 0.717) is 11.6 Å². The quantitative estimate of drug-likeness (QED) is 0.709. The number of fused-ring (bicyclic) bond motifs is 3. The molecule has 0 unspecified atom stereocenters. The summed E-state index contributed by atoms with van der Waals surface area (Å²) >= 11 is 1.73. The third kappa shape index (κ3) is 2.39. The highest BCUT2D eigenvalue weighted by atomic mass is 32.2. The van der Waals surface area contributed by atoms with Gasteiger partial charge in [0.25, 0.3) is 0 Å². The first kappa shape index (κ1) is 15.5. The van der Waals surface area contributed by atoms with Crippen molar-refractivity contribution in [3.8, 4) is 0 Å². The Labute approximate surface area is 144 Å². The number of carbonyl (C=O) groups is 1. The number of aromatic carboxylic acids is 1. The van der Waals surface area contributed by atoms with E-state index in [1.165, 1.54) is 15.8 Å². The fourth-order valence-corrected chi connectivity index (χ4v) is 4.34. The van der Waals surface area contributed by atoms with Gasteiger partial charge in [-0.3, -0.25) is 0 Å². The summed E-state index contributed by atoms with van der Waals surface area (Å²) in [5, 5.41) is 11.7. The molecule has 1 saturated heterocycles. The van der Waals surface area contributed by atoms with Gasteiger partial charge in [0, 0.05) is 34.9 Å². The second-order valence-electron chi connectivity index (χ2n) is 6.11. The van der Waals surface area contributed by atoms with Gasteiger partial charge in [0.2, 0.25) is 0 Å². The molecule has 2 aromatic carbocycles. The molecule has 2 heterocycles. The molecule has 5 heteroatoms. The number of aromatic nitrogens is 1. The summed E-state index contributed by atoms with van der Waals surface area (Å²) in [4.78, 5) is 12.7. The van der Waals surface area contributed by atoms with E-state index in [0.717, 1.165) is 37.0 Å². The molecular formula is C19H19NO3S. The minimum atomic E-state index is -0.884. The van der Waals surface area contributed by atoms with Crippen LogP contribution in [-0.4, -0.2) is 35.1 Å². The third-order valence-corrected chi connectivity index (χ3v) is 5.59. The monoisotopic (exact) mass is 341 g/mol. The van der Waals surface area contributed by atoms with E-state index in [-0.39, 0.29) is 0 Å². The molecular weight excluding hydrogens is 322 g/mol. The van der Waals surface area contributed by atoms with Crippen LogP contribution in [0.15, 0.2) is 41.3 Å². The van der Waals surface area contributed by atoms with Crippen molar-refractivity contribution in [1.29, 1.82) is 0 Å². The summed E-state index contributed by atoms with van der Waals surface area (Å²) < 4.78 is 7.85. The van der Waals surface area contributed by atoms with Crippen LogP contribution in [0, 0.1) is 0 Å². The van der Waals surface area contributed by atoms with Crippen LogP contribution in [0.5, 0.6) is 0 Å². The van der Waals surface area contributed by atoms with Crippen LogP contribution in [-0.2, 0) is 4.74 Å². The Morgan fingerprint density at radius 1 is 1.21 bits per heavy atom. The lowest BCUT2D eigenvalue weighted by molar-refractivity contribution is 0.0694. The Hall–Kier alpha value is -1.98. The van der Waals surface area contributed by atoms with Crippen molar-refractivity contribution in [2.45, 2.75) is 23.8 Å². The maximum absolute atomic E-state index is 11.4. The summed E-state index contributed by atoms with van der Waals surface area (Å²) in [6.07, 6.45) is 4.00. The van der Waals surface area contributed by atoms with E-state index in [4.69, 9.17) is 4.74 Å². The Kier molecular flexibility index (Phi) is 3.98. The van der Waals surface area contributed by atoms with Gasteiger partial charge < -0.3 is 14.4 Å². The number of hydrogen-bond acceptors (Lipinski definition) is 3. The topological polar surface area (TPSA) is 51.5 Å². The zero-order valence-corrected chi connectivity index (χ0v) is 14.3. The Bertz CT molecular complexity index is 925. The number of hydrogen-bond donors (Lipinski definition) is 1. The van der Waals surface area contributed by atoms with E-state index in [1.54, 1.807) is 17.8 Å². The molecule has 0 bridgehead atoms. The molecule has 0 amide bonds. The van der Waals surface area contributed by atoms with Crippen LogP contribution in [0.2, 0.25) is 0 Å². The number of nitrogens with zero attached hydrogens (tertiary/aromatic N) is 1. The molecule has 0 saturated carbocycles. The normalized spacial score (nSPS) is 16.0. The first-order chi connectivity index (χ1) is 11.7. The maximum atomic E-state index is 11.4. The second-order valence-corrected chi connectivity index (χ2v) is 6.95. The minimum absolute atomic E-state index is 0.337. The van der Waals surface area contributed by atoms with Gasteiger partial charge >= 0.3 is 5.97 Å². The molecule has 124 valence electrons. The lowest BCUT2D eigenvalue weighted by Gasteiger charge is -2.25. The average Bonchev–Trinajstić information content (AvgIpc) is 2.96.